The molecule has 2 rings (SSSR count). The number of carbonyl (C=O) groups excluding carboxylic acids is 1. The lowest BCUT2D eigenvalue weighted by atomic mass is 10.2. The van der Waals surface area contributed by atoms with Gasteiger partial charge >= 0.3 is 0 Å². The number of anilines is 1. The van der Waals surface area contributed by atoms with Crippen LogP contribution in [-0.2, 0) is 4.79 Å². The molecule has 0 saturated heterocycles. The molecule has 0 spiro atoms. The number of aromatic nitrogens is 1. The molecule has 1 aromatic heterocycles. The molecule has 0 atom stereocenters. The van der Waals surface area contributed by atoms with Gasteiger partial charge in [-0.2, -0.15) is 0 Å². The fraction of sp³-hybridized carbons (Fsp3) is 0.111. The van der Waals surface area contributed by atoms with Gasteiger partial charge in [-0.1, -0.05) is 5.16 Å². The fourth-order valence-corrected chi connectivity index (χ4v) is 1.14. The SMILES string of the molecule is CN(C=O)c1ccc2oncc2c1. The number of hydrogen-bond acceptors (Lipinski definition) is 3. The predicted octanol–water partition coefficient (Wildman–Crippen LogP) is 1.42. The summed E-state index contributed by atoms with van der Waals surface area (Å²) >= 11 is 0. The normalized spacial score (nSPS) is 10.2. The van der Waals surface area contributed by atoms with Crippen LogP contribution in [-0.4, -0.2) is 18.6 Å². The van der Waals surface area contributed by atoms with E-state index in [1.807, 2.05) is 12.1 Å². The highest BCUT2D eigenvalue weighted by molar-refractivity contribution is 5.84. The predicted molar refractivity (Wildman–Crippen MR) is 48.5 cm³/mol. The zero-order valence-corrected chi connectivity index (χ0v) is 7.10. The fourth-order valence-electron chi connectivity index (χ4n) is 1.14. The molecule has 0 saturated carbocycles. The lowest BCUT2D eigenvalue weighted by Crippen LogP contribution is -2.13. The van der Waals surface area contributed by atoms with Crippen molar-refractivity contribution in [2.45, 2.75) is 0 Å². The Labute approximate surface area is 74.7 Å². The van der Waals surface area contributed by atoms with E-state index in [1.165, 1.54) is 4.90 Å². The van der Waals surface area contributed by atoms with Crippen LogP contribution >= 0.6 is 0 Å². The van der Waals surface area contributed by atoms with Crippen molar-refractivity contribution in [2.24, 2.45) is 0 Å². The van der Waals surface area contributed by atoms with E-state index in [9.17, 15) is 4.79 Å². The van der Waals surface area contributed by atoms with Crippen molar-refractivity contribution < 1.29 is 9.32 Å². The third-order valence-corrected chi connectivity index (χ3v) is 1.90. The highest BCUT2D eigenvalue weighted by atomic mass is 16.5. The number of amides is 1. The minimum absolute atomic E-state index is 0.725. The smallest absolute Gasteiger partial charge is 0.213 e. The first-order valence-corrected chi connectivity index (χ1v) is 3.84. The Hall–Kier alpha value is -1.84. The van der Waals surface area contributed by atoms with Gasteiger partial charge < -0.3 is 9.42 Å². The largest absolute Gasteiger partial charge is 0.356 e. The number of fused-ring (bicyclic) bond motifs is 1. The van der Waals surface area contributed by atoms with Crippen molar-refractivity contribution >= 4 is 23.1 Å². The van der Waals surface area contributed by atoms with E-state index >= 15 is 0 Å². The van der Waals surface area contributed by atoms with E-state index in [2.05, 4.69) is 5.16 Å². The van der Waals surface area contributed by atoms with Crippen molar-refractivity contribution in [1.82, 2.24) is 5.16 Å². The average Bonchev–Trinajstić information content (AvgIpc) is 2.63. The second kappa shape index (κ2) is 2.90. The van der Waals surface area contributed by atoms with Crippen molar-refractivity contribution in [3.05, 3.63) is 24.4 Å². The Morgan fingerprint density at radius 3 is 3.15 bits per heavy atom. The van der Waals surface area contributed by atoms with Crippen LogP contribution in [0, 0.1) is 0 Å². The van der Waals surface area contributed by atoms with Crippen LogP contribution in [0.3, 0.4) is 0 Å². The van der Waals surface area contributed by atoms with Crippen molar-refractivity contribution in [1.29, 1.82) is 0 Å². The average molecular weight is 176 g/mol. The van der Waals surface area contributed by atoms with Gasteiger partial charge in [0.25, 0.3) is 0 Å². The highest BCUT2D eigenvalue weighted by Crippen LogP contribution is 2.19. The van der Waals surface area contributed by atoms with Crippen molar-refractivity contribution in [3.8, 4) is 0 Å². The molecule has 4 heteroatoms. The maximum atomic E-state index is 10.5. The Morgan fingerprint density at radius 2 is 2.38 bits per heavy atom. The van der Waals surface area contributed by atoms with Gasteiger partial charge in [-0.25, -0.2) is 0 Å². The molecule has 13 heavy (non-hydrogen) atoms. The standard InChI is InChI=1S/C9H8N2O2/c1-11(6-12)8-2-3-9-7(4-8)5-10-13-9/h2-6H,1H3. The van der Waals surface area contributed by atoms with Gasteiger partial charge in [0.1, 0.15) is 0 Å². The minimum atomic E-state index is 0.725. The third-order valence-electron chi connectivity index (χ3n) is 1.90. The van der Waals surface area contributed by atoms with E-state index < -0.39 is 0 Å². The van der Waals surface area contributed by atoms with Crippen molar-refractivity contribution in [3.63, 3.8) is 0 Å². The first-order chi connectivity index (χ1) is 6.31. The molecular weight excluding hydrogens is 168 g/mol. The van der Waals surface area contributed by atoms with E-state index in [1.54, 1.807) is 19.3 Å². The zero-order valence-electron chi connectivity index (χ0n) is 7.10. The maximum Gasteiger partial charge on any atom is 0.213 e. The van der Waals surface area contributed by atoms with E-state index in [0.29, 0.717) is 0 Å². The summed E-state index contributed by atoms with van der Waals surface area (Å²) in [6, 6.07) is 5.44. The molecule has 1 aromatic carbocycles. The zero-order chi connectivity index (χ0) is 9.26. The molecule has 1 amide bonds. The molecule has 0 bridgehead atoms. The van der Waals surface area contributed by atoms with E-state index in [4.69, 9.17) is 4.52 Å². The van der Waals surface area contributed by atoms with Crippen LogP contribution in [0.1, 0.15) is 0 Å². The number of rotatable bonds is 2. The summed E-state index contributed by atoms with van der Waals surface area (Å²) in [5, 5.41) is 4.54. The molecule has 0 radical (unpaired) electrons. The molecule has 2 aromatic rings. The molecule has 4 nitrogen and oxygen atoms in total. The van der Waals surface area contributed by atoms with Crippen LogP contribution in [0.25, 0.3) is 11.0 Å². The molecule has 0 aliphatic carbocycles. The molecule has 1 heterocycles. The first kappa shape index (κ1) is 7.79. The summed E-state index contributed by atoms with van der Waals surface area (Å²) < 4.78 is 4.93. The second-order valence-electron chi connectivity index (χ2n) is 2.76. The van der Waals surface area contributed by atoms with Gasteiger partial charge in [-0.05, 0) is 18.2 Å². The van der Waals surface area contributed by atoms with Crippen LogP contribution in [0.15, 0.2) is 28.9 Å². The van der Waals surface area contributed by atoms with Gasteiger partial charge in [-0.3, -0.25) is 4.79 Å². The lowest BCUT2D eigenvalue weighted by Gasteiger charge is -2.09. The van der Waals surface area contributed by atoms with Gasteiger partial charge in [0.15, 0.2) is 5.58 Å². The highest BCUT2D eigenvalue weighted by Gasteiger charge is 2.02. The Bertz CT molecular complexity index is 436. The van der Waals surface area contributed by atoms with E-state index in [-0.39, 0.29) is 0 Å². The maximum absolute atomic E-state index is 10.5. The Morgan fingerprint density at radius 1 is 1.54 bits per heavy atom. The second-order valence-corrected chi connectivity index (χ2v) is 2.76. The molecule has 0 unspecified atom stereocenters. The third kappa shape index (κ3) is 1.26. The molecule has 66 valence electrons. The Kier molecular flexibility index (Phi) is 1.73. The van der Waals surface area contributed by atoms with Crippen LogP contribution in [0.4, 0.5) is 5.69 Å². The summed E-state index contributed by atoms with van der Waals surface area (Å²) in [7, 11) is 1.70. The van der Waals surface area contributed by atoms with Crippen molar-refractivity contribution in [2.75, 3.05) is 11.9 Å². The lowest BCUT2D eigenvalue weighted by molar-refractivity contribution is -0.107. The molecular formula is C9H8N2O2. The van der Waals surface area contributed by atoms with E-state index in [0.717, 1.165) is 23.1 Å². The van der Waals surface area contributed by atoms with Gasteiger partial charge in [-0.15, -0.1) is 0 Å². The van der Waals surface area contributed by atoms with Crippen LogP contribution < -0.4 is 4.90 Å². The Balaban J connectivity index is 2.53. The van der Waals surface area contributed by atoms with Crippen LogP contribution in [0.5, 0.6) is 0 Å². The number of nitrogens with zero attached hydrogens (tertiary/aromatic N) is 2. The first-order valence-electron chi connectivity index (χ1n) is 3.84. The summed E-state index contributed by atoms with van der Waals surface area (Å²) in [4.78, 5) is 12.0. The summed E-state index contributed by atoms with van der Waals surface area (Å²) in [5.41, 5.74) is 1.55. The topological polar surface area (TPSA) is 46.3 Å². The van der Waals surface area contributed by atoms with Crippen LogP contribution in [0.2, 0.25) is 0 Å². The van der Waals surface area contributed by atoms with Gasteiger partial charge in [0.2, 0.25) is 6.41 Å². The molecule has 0 aliphatic heterocycles. The number of benzene rings is 1. The minimum Gasteiger partial charge on any atom is -0.356 e. The summed E-state index contributed by atoms with van der Waals surface area (Å²) in [5.74, 6) is 0. The number of hydrogen-bond donors (Lipinski definition) is 0. The number of carbonyl (C=O) groups is 1. The summed E-state index contributed by atoms with van der Waals surface area (Å²) in [6.07, 6.45) is 2.38. The summed E-state index contributed by atoms with van der Waals surface area (Å²) in [6.45, 7) is 0. The monoisotopic (exact) mass is 176 g/mol. The molecule has 0 fully saturated rings. The quantitative estimate of drug-likeness (QED) is 0.650. The van der Waals surface area contributed by atoms with Gasteiger partial charge in [0, 0.05) is 18.1 Å². The molecule has 0 N–H and O–H groups in total. The molecule has 0 aliphatic rings. The van der Waals surface area contributed by atoms with Gasteiger partial charge in [0.05, 0.1) is 6.20 Å².